The third-order valence-electron chi connectivity index (χ3n) is 2.01. The Kier molecular flexibility index (Phi) is 2.59. The number of hydrogen-bond donors (Lipinski definition) is 0. The molecule has 0 unspecified atom stereocenters. The molecule has 0 fully saturated rings. The van der Waals surface area contributed by atoms with Crippen LogP contribution >= 0.6 is 15.9 Å². The van der Waals surface area contributed by atoms with Crippen LogP contribution in [0.15, 0.2) is 41.4 Å². The summed E-state index contributed by atoms with van der Waals surface area (Å²) in [5.41, 5.74) is 3.43. The minimum Gasteiger partial charge on any atom is -0.230 e. The predicted octanol–water partition coefficient (Wildman–Crippen LogP) is 3.21. The molecule has 2 aromatic rings. The fourth-order valence-electron chi connectivity index (χ4n) is 1.21. The zero-order valence-electron chi connectivity index (χ0n) is 7.74. The van der Waals surface area contributed by atoms with Crippen LogP contribution in [0.4, 0.5) is 0 Å². The zero-order chi connectivity index (χ0) is 9.97. The van der Waals surface area contributed by atoms with Crippen molar-refractivity contribution in [3.8, 4) is 11.1 Å². The van der Waals surface area contributed by atoms with Crippen molar-refractivity contribution < 1.29 is 0 Å². The maximum Gasteiger partial charge on any atom is 0.196 e. The van der Waals surface area contributed by atoms with Gasteiger partial charge in [-0.2, -0.15) is 0 Å². The molecule has 0 N–H and O–H groups in total. The van der Waals surface area contributed by atoms with Crippen molar-refractivity contribution >= 4 is 15.9 Å². The van der Waals surface area contributed by atoms with Crippen LogP contribution in [0.1, 0.15) is 5.56 Å². The zero-order valence-corrected chi connectivity index (χ0v) is 9.32. The molecule has 0 spiro atoms. The molecular formula is C11H9BrN2. The summed E-state index contributed by atoms with van der Waals surface area (Å²) in [6.45, 7) is 2.07. The van der Waals surface area contributed by atoms with Crippen LogP contribution in [-0.2, 0) is 0 Å². The van der Waals surface area contributed by atoms with E-state index >= 15 is 0 Å². The molecule has 0 saturated heterocycles. The summed E-state index contributed by atoms with van der Waals surface area (Å²) in [5.74, 6) is 0. The standard InChI is InChI=1S/C11H9BrN2/c1-8-2-4-9(5-3-8)10-6-13-11(12)14-7-10/h2-7H,1H3. The number of hydrogen-bond acceptors (Lipinski definition) is 2. The van der Waals surface area contributed by atoms with E-state index in [1.807, 2.05) is 12.4 Å². The van der Waals surface area contributed by atoms with E-state index in [1.54, 1.807) is 0 Å². The number of rotatable bonds is 1. The summed E-state index contributed by atoms with van der Waals surface area (Å²) in [4.78, 5) is 8.17. The van der Waals surface area contributed by atoms with Crippen molar-refractivity contribution in [1.29, 1.82) is 0 Å². The van der Waals surface area contributed by atoms with Crippen LogP contribution in [0, 0.1) is 6.92 Å². The van der Waals surface area contributed by atoms with Crippen molar-refractivity contribution in [2.75, 3.05) is 0 Å². The topological polar surface area (TPSA) is 25.8 Å². The van der Waals surface area contributed by atoms with E-state index in [-0.39, 0.29) is 0 Å². The van der Waals surface area contributed by atoms with E-state index in [2.05, 4.69) is 57.1 Å². The van der Waals surface area contributed by atoms with Gasteiger partial charge in [-0.1, -0.05) is 29.8 Å². The molecule has 0 aliphatic heterocycles. The van der Waals surface area contributed by atoms with Gasteiger partial charge in [-0.15, -0.1) is 0 Å². The van der Waals surface area contributed by atoms with E-state index in [1.165, 1.54) is 5.56 Å². The van der Waals surface area contributed by atoms with Gasteiger partial charge < -0.3 is 0 Å². The highest BCUT2D eigenvalue weighted by Crippen LogP contribution is 2.18. The van der Waals surface area contributed by atoms with Crippen molar-refractivity contribution in [2.45, 2.75) is 6.92 Å². The van der Waals surface area contributed by atoms with Crippen LogP contribution in [0.3, 0.4) is 0 Å². The number of halogens is 1. The summed E-state index contributed by atoms with van der Waals surface area (Å²) in [7, 11) is 0. The molecule has 14 heavy (non-hydrogen) atoms. The highest BCUT2D eigenvalue weighted by atomic mass is 79.9. The predicted molar refractivity (Wildman–Crippen MR) is 59.9 cm³/mol. The quantitative estimate of drug-likeness (QED) is 0.725. The summed E-state index contributed by atoms with van der Waals surface area (Å²) in [6.07, 6.45) is 3.61. The van der Waals surface area contributed by atoms with Crippen LogP contribution in [0.25, 0.3) is 11.1 Å². The largest absolute Gasteiger partial charge is 0.230 e. The van der Waals surface area contributed by atoms with Crippen LogP contribution < -0.4 is 0 Å². The average molecular weight is 249 g/mol. The molecule has 1 aromatic carbocycles. The van der Waals surface area contributed by atoms with Gasteiger partial charge in [0, 0.05) is 18.0 Å². The second-order valence-electron chi connectivity index (χ2n) is 3.11. The molecule has 0 aliphatic carbocycles. The van der Waals surface area contributed by atoms with Gasteiger partial charge in [0.05, 0.1) is 0 Å². The normalized spacial score (nSPS) is 10.1. The van der Waals surface area contributed by atoms with Gasteiger partial charge in [-0.25, -0.2) is 9.97 Å². The van der Waals surface area contributed by atoms with Crippen molar-refractivity contribution in [3.63, 3.8) is 0 Å². The highest BCUT2D eigenvalue weighted by molar-refractivity contribution is 9.10. The molecule has 1 aromatic heterocycles. The van der Waals surface area contributed by atoms with Crippen LogP contribution in [0.5, 0.6) is 0 Å². The number of benzene rings is 1. The Hall–Kier alpha value is -1.22. The molecule has 2 nitrogen and oxygen atoms in total. The first-order chi connectivity index (χ1) is 6.75. The van der Waals surface area contributed by atoms with E-state index in [0.29, 0.717) is 4.73 Å². The Morgan fingerprint density at radius 1 is 0.929 bits per heavy atom. The van der Waals surface area contributed by atoms with E-state index < -0.39 is 0 Å². The van der Waals surface area contributed by atoms with Gasteiger partial charge in [0.1, 0.15) is 0 Å². The molecule has 0 bridgehead atoms. The van der Waals surface area contributed by atoms with Gasteiger partial charge in [-0.05, 0) is 28.4 Å². The SMILES string of the molecule is Cc1ccc(-c2cnc(Br)nc2)cc1. The molecule has 2 rings (SSSR count). The summed E-state index contributed by atoms with van der Waals surface area (Å²) in [6, 6.07) is 8.30. The summed E-state index contributed by atoms with van der Waals surface area (Å²) in [5, 5.41) is 0. The Balaban J connectivity index is 2.40. The lowest BCUT2D eigenvalue weighted by Crippen LogP contribution is -1.84. The van der Waals surface area contributed by atoms with Crippen LogP contribution in [-0.4, -0.2) is 9.97 Å². The Labute approximate surface area is 91.2 Å². The average Bonchev–Trinajstić information content (AvgIpc) is 2.21. The van der Waals surface area contributed by atoms with E-state index in [9.17, 15) is 0 Å². The first-order valence-electron chi connectivity index (χ1n) is 4.30. The number of aryl methyl sites for hydroxylation is 1. The smallest absolute Gasteiger partial charge is 0.196 e. The molecule has 0 saturated carbocycles. The fourth-order valence-corrected chi connectivity index (χ4v) is 1.41. The monoisotopic (exact) mass is 248 g/mol. The molecule has 0 aliphatic rings. The van der Waals surface area contributed by atoms with Crippen molar-refractivity contribution in [1.82, 2.24) is 9.97 Å². The lowest BCUT2D eigenvalue weighted by atomic mass is 10.1. The van der Waals surface area contributed by atoms with E-state index in [4.69, 9.17) is 0 Å². The molecule has 70 valence electrons. The van der Waals surface area contributed by atoms with Gasteiger partial charge >= 0.3 is 0 Å². The first kappa shape index (κ1) is 9.34. The Morgan fingerprint density at radius 2 is 1.50 bits per heavy atom. The maximum atomic E-state index is 4.08. The first-order valence-corrected chi connectivity index (χ1v) is 5.09. The third-order valence-corrected chi connectivity index (χ3v) is 2.41. The second-order valence-corrected chi connectivity index (χ2v) is 3.82. The molecular weight excluding hydrogens is 240 g/mol. The fraction of sp³-hybridized carbons (Fsp3) is 0.0909. The van der Waals surface area contributed by atoms with E-state index in [0.717, 1.165) is 11.1 Å². The molecule has 3 heteroatoms. The molecule has 0 atom stereocenters. The van der Waals surface area contributed by atoms with Crippen LogP contribution in [0.2, 0.25) is 0 Å². The van der Waals surface area contributed by atoms with Crippen molar-refractivity contribution in [3.05, 3.63) is 47.0 Å². The van der Waals surface area contributed by atoms with Gasteiger partial charge in [0.15, 0.2) is 4.73 Å². The van der Waals surface area contributed by atoms with Gasteiger partial charge in [0.25, 0.3) is 0 Å². The lowest BCUT2D eigenvalue weighted by molar-refractivity contribution is 1.11. The Morgan fingerprint density at radius 3 is 2.07 bits per heavy atom. The van der Waals surface area contributed by atoms with Gasteiger partial charge in [0.2, 0.25) is 0 Å². The summed E-state index contributed by atoms with van der Waals surface area (Å²) >= 11 is 3.21. The lowest BCUT2D eigenvalue weighted by Gasteiger charge is -2.00. The van der Waals surface area contributed by atoms with Gasteiger partial charge in [-0.3, -0.25) is 0 Å². The number of aromatic nitrogens is 2. The maximum absolute atomic E-state index is 4.08. The molecule has 0 radical (unpaired) electrons. The second kappa shape index (κ2) is 3.88. The minimum atomic E-state index is 0.619. The minimum absolute atomic E-state index is 0.619. The summed E-state index contributed by atoms with van der Waals surface area (Å²) < 4.78 is 0.619. The highest BCUT2D eigenvalue weighted by Gasteiger charge is 1.97. The molecule has 1 heterocycles. The van der Waals surface area contributed by atoms with Crippen molar-refractivity contribution in [2.24, 2.45) is 0 Å². The molecule has 0 amide bonds. The Bertz CT molecular complexity index is 377. The number of nitrogens with zero attached hydrogens (tertiary/aromatic N) is 2. The third kappa shape index (κ3) is 1.99.